The Hall–Kier alpha value is -0.870. The first kappa shape index (κ1) is 13.6. The van der Waals surface area contributed by atoms with Crippen molar-refractivity contribution in [3.8, 4) is 0 Å². The monoisotopic (exact) mass is 267 g/mol. The van der Waals surface area contributed by atoms with E-state index >= 15 is 0 Å². The van der Waals surface area contributed by atoms with Gasteiger partial charge in [0.25, 0.3) is 0 Å². The zero-order valence-corrected chi connectivity index (χ0v) is 11.6. The van der Waals surface area contributed by atoms with Crippen molar-refractivity contribution < 1.29 is 8.42 Å². The average molecular weight is 267 g/mol. The molecule has 0 amide bonds. The zero-order chi connectivity index (χ0) is 13.0. The summed E-state index contributed by atoms with van der Waals surface area (Å²) in [6, 6.07) is 9.49. The van der Waals surface area contributed by atoms with Crippen LogP contribution in [0.4, 0.5) is 0 Å². The van der Waals surface area contributed by atoms with Crippen LogP contribution in [0.1, 0.15) is 30.6 Å². The first-order valence-corrected chi connectivity index (χ1v) is 8.28. The highest BCUT2D eigenvalue weighted by atomic mass is 32.2. The van der Waals surface area contributed by atoms with Gasteiger partial charge in [-0.05, 0) is 44.3 Å². The Bertz CT molecular complexity index is 464. The Morgan fingerprint density at radius 3 is 2.44 bits per heavy atom. The van der Waals surface area contributed by atoms with Crippen molar-refractivity contribution in [2.45, 2.75) is 25.0 Å². The molecule has 1 aliphatic heterocycles. The fourth-order valence-corrected chi connectivity index (χ4v) is 4.30. The predicted molar refractivity (Wildman–Crippen MR) is 74.2 cm³/mol. The van der Waals surface area contributed by atoms with Crippen LogP contribution in [-0.2, 0) is 9.84 Å². The molecular weight excluding hydrogens is 246 g/mol. The summed E-state index contributed by atoms with van der Waals surface area (Å²) >= 11 is 0. The summed E-state index contributed by atoms with van der Waals surface area (Å²) in [6.07, 6.45) is 1.95. The molecule has 0 aromatic heterocycles. The lowest BCUT2D eigenvalue weighted by atomic mass is 10.0. The van der Waals surface area contributed by atoms with Crippen LogP contribution >= 0.6 is 0 Å². The summed E-state index contributed by atoms with van der Waals surface area (Å²) in [5.41, 5.74) is 0.895. The first-order valence-electron chi connectivity index (χ1n) is 6.57. The molecule has 0 saturated carbocycles. The second-order valence-electron chi connectivity index (χ2n) is 5.08. The van der Waals surface area contributed by atoms with Gasteiger partial charge in [0.2, 0.25) is 0 Å². The van der Waals surface area contributed by atoms with Gasteiger partial charge in [-0.1, -0.05) is 30.3 Å². The lowest BCUT2D eigenvalue weighted by Crippen LogP contribution is -2.32. The summed E-state index contributed by atoms with van der Waals surface area (Å²) in [5, 5.41) is 2.87. The molecule has 0 bridgehead atoms. The normalized spacial score (nSPS) is 19.6. The molecule has 4 heteroatoms. The smallest absolute Gasteiger partial charge is 0.157 e. The number of hydrogen-bond donors (Lipinski definition) is 1. The Labute approximate surface area is 110 Å². The summed E-state index contributed by atoms with van der Waals surface area (Å²) in [6.45, 7) is 3.69. The van der Waals surface area contributed by atoms with Crippen LogP contribution in [0.25, 0.3) is 0 Å². The minimum Gasteiger partial charge on any atom is -0.317 e. The molecule has 1 heterocycles. The number of piperidine rings is 1. The van der Waals surface area contributed by atoms with E-state index in [2.05, 4.69) is 5.32 Å². The van der Waals surface area contributed by atoms with E-state index in [-0.39, 0.29) is 0 Å². The molecule has 100 valence electrons. The van der Waals surface area contributed by atoms with Crippen molar-refractivity contribution in [3.05, 3.63) is 35.9 Å². The molecule has 1 saturated heterocycles. The van der Waals surface area contributed by atoms with Crippen molar-refractivity contribution in [2.24, 2.45) is 5.92 Å². The van der Waals surface area contributed by atoms with E-state index in [4.69, 9.17) is 0 Å². The second kappa shape index (κ2) is 5.85. The fourth-order valence-electron chi connectivity index (χ4n) is 2.45. The second-order valence-corrected chi connectivity index (χ2v) is 7.44. The lowest BCUT2D eigenvalue weighted by Gasteiger charge is -2.24. The molecule has 0 radical (unpaired) electrons. The maximum absolute atomic E-state index is 12.4. The van der Waals surface area contributed by atoms with E-state index in [1.807, 2.05) is 30.3 Å². The SMILES string of the molecule is CC(c1ccccc1)S(=O)(=O)CC1CCNCC1. The van der Waals surface area contributed by atoms with Crippen LogP contribution in [-0.4, -0.2) is 27.3 Å². The summed E-state index contributed by atoms with van der Waals surface area (Å²) in [7, 11) is -3.04. The molecule has 2 rings (SSSR count). The Morgan fingerprint density at radius 1 is 1.22 bits per heavy atom. The van der Waals surface area contributed by atoms with Crippen molar-refractivity contribution in [2.75, 3.05) is 18.8 Å². The van der Waals surface area contributed by atoms with Gasteiger partial charge in [0.05, 0.1) is 11.0 Å². The Kier molecular flexibility index (Phi) is 4.40. The number of benzene rings is 1. The molecule has 1 aliphatic rings. The molecule has 1 aromatic carbocycles. The van der Waals surface area contributed by atoms with Crippen molar-refractivity contribution in [1.29, 1.82) is 0 Å². The van der Waals surface area contributed by atoms with Crippen LogP contribution < -0.4 is 5.32 Å². The largest absolute Gasteiger partial charge is 0.317 e. The standard InChI is InChI=1S/C14H21NO2S/c1-12(14-5-3-2-4-6-14)18(16,17)11-13-7-9-15-10-8-13/h2-6,12-13,15H,7-11H2,1H3. The molecule has 1 aromatic rings. The van der Waals surface area contributed by atoms with E-state index in [0.717, 1.165) is 31.5 Å². The Morgan fingerprint density at radius 2 is 1.83 bits per heavy atom. The molecule has 1 fully saturated rings. The van der Waals surface area contributed by atoms with Gasteiger partial charge < -0.3 is 5.32 Å². The first-order chi connectivity index (χ1) is 8.59. The van der Waals surface area contributed by atoms with Crippen LogP contribution in [0, 0.1) is 5.92 Å². The van der Waals surface area contributed by atoms with Gasteiger partial charge in [-0.2, -0.15) is 0 Å². The third kappa shape index (κ3) is 3.33. The lowest BCUT2D eigenvalue weighted by molar-refractivity contribution is 0.400. The van der Waals surface area contributed by atoms with Crippen LogP contribution in [0.5, 0.6) is 0 Å². The summed E-state index contributed by atoms with van der Waals surface area (Å²) < 4.78 is 24.8. The van der Waals surface area contributed by atoms with Gasteiger partial charge in [-0.15, -0.1) is 0 Å². The van der Waals surface area contributed by atoms with E-state index in [0.29, 0.717) is 11.7 Å². The van der Waals surface area contributed by atoms with E-state index < -0.39 is 15.1 Å². The highest BCUT2D eigenvalue weighted by Crippen LogP contribution is 2.26. The number of nitrogens with one attached hydrogen (secondary N) is 1. The summed E-state index contributed by atoms with van der Waals surface area (Å²) in [5.74, 6) is 0.646. The maximum atomic E-state index is 12.4. The predicted octanol–water partition coefficient (Wildman–Crippen LogP) is 2.16. The van der Waals surface area contributed by atoms with Gasteiger partial charge in [0, 0.05) is 0 Å². The van der Waals surface area contributed by atoms with Gasteiger partial charge in [-0.3, -0.25) is 0 Å². The molecule has 18 heavy (non-hydrogen) atoms. The maximum Gasteiger partial charge on any atom is 0.157 e. The van der Waals surface area contributed by atoms with Crippen molar-refractivity contribution in [1.82, 2.24) is 5.32 Å². The van der Waals surface area contributed by atoms with Crippen LogP contribution in [0.3, 0.4) is 0 Å². The molecule has 3 nitrogen and oxygen atoms in total. The zero-order valence-electron chi connectivity index (χ0n) is 10.8. The molecule has 1 unspecified atom stereocenters. The molecule has 1 N–H and O–H groups in total. The van der Waals surface area contributed by atoms with E-state index in [9.17, 15) is 8.42 Å². The molecule has 1 atom stereocenters. The van der Waals surface area contributed by atoms with E-state index in [1.165, 1.54) is 0 Å². The highest BCUT2D eigenvalue weighted by Gasteiger charge is 2.27. The Balaban J connectivity index is 2.06. The van der Waals surface area contributed by atoms with Crippen LogP contribution in [0.2, 0.25) is 0 Å². The third-order valence-corrected chi connectivity index (χ3v) is 6.02. The highest BCUT2D eigenvalue weighted by molar-refractivity contribution is 7.91. The minimum atomic E-state index is -3.04. The third-order valence-electron chi connectivity index (χ3n) is 3.73. The van der Waals surface area contributed by atoms with Crippen molar-refractivity contribution in [3.63, 3.8) is 0 Å². The molecule has 0 spiro atoms. The average Bonchev–Trinajstić information content (AvgIpc) is 2.39. The van der Waals surface area contributed by atoms with Gasteiger partial charge in [-0.25, -0.2) is 8.42 Å². The van der Waals surface area contributed by atoms with Gasteiger partial charge in [0.15, 0.2) is 9.84 Å². The van der Waals surface area contributed by atoms with Crippen molar-refractivity contribution >= 4 is 9.84 Å². The fraction of sp³-hybridized carbons (Fsp3) is 0.571. The van der Waals surface area contributed by atoms with E-state index in [1.54, 1.807) is 6.92 Å². The topological polar surface area (TPSA) is 46.2 Å². The number of hydrogen-bond acceptors (Lipinski definition) is 3. The molecular formula is C14H21NO2S. The van der Waals surface area contributed by atoms with Crippen LogP contribution in [0.15, 0.2) is 30.3 Å². The number of sulfone groups is 1. The molecule has 0 aliphatic carbocycles. The quantitative estimate of drug-likeness (QED) is 0.909. The summed E-state index contributed by atoms with van der Waals surface area (Å²) in [4.78, 5) is 0. The minimum absolute atomic E-state index is 0.322. The van der Waals surface area contributed by atoms with Gasteiger partial charge in [0.1, 0.15) is 0 Å². The number of rotatable bonds is 4. The van der Waals surface area contributed by atoms with Gasteiger partial charge >= 0.3 is 0 Å².